The van der Waals surface area contributed by atoms with Crippen LogP contribution in [-0.2, 0) is 22.4 Å². The number of aromatic hydroxyl groups is 1. The molecule has 32 heavy (non-hydrogen) atoms. The Bertz CT molecular complexity index is 1200. The predicted octanol–water partition coefficient (Wildman–Crippen LogP) is 3.66. The van der Waals surface area contributed by atoms with Gasteiger partial charge in [0.1, 0.15) is 17.5 Å². The first-order chi connectivity index (χ1) is 15.5. The number of fused-ring (bicyclic) bond motifs is 3. The lowest BCUT2D eigenvalue weighted by Gasteiger charge is -2.15. The van der Waals surface area contributed by atoms with E-state index in [1.807, 2.05) is 30.3 Å². The summed E-state index contributed by atoms with van der Waals surface area (Å²) in [5.41, 5.74) is 5.07. The quantitative estimate of drug-likeness (QED) is 0.651. The lowest BCUT2D eigenvalue weighted by molar-refractivity contribution is -0.119. The number of anilines is 1. The smallest absolute Gasteiger partial charge is 0.414 e. The molecule has 1 aromatic heterocycles. The summed E-state index contributed by atoms with van der Waals surface area (Å²) in [6.45, 7) is 2.10. The van der Waals surface area contributed by atoms with Crippen molar-refractivity contribution in [3.05, 3.63) is 53.6 Å². The van der Waals surface area contributed by atoms with E-state index in [-0.39, 0.29) is 17.8 Å². The molecule has 2 heterocycles. The van der Waals surface area contributed by atoms with Gasteiger partial charge in [0.25, 0.3) is 0 Å². The Morgan fingerprint density at radius 3 is 2.88 bits per heavy atom. The van der Waals surface area contributed by atoms with E-state index in [0.717, 1.165) is 41.6 Å². The van der Waals surface area contributed by atoms with Crippen molar-refractivity contribution in [3.63, 3.8) is 0 Å². The standard InChI is InChI=1S/C24H23N3O5/c1-14(28)25-12-17-13-27(24(30)31-17)16-9-10-18-15(11-16)5-4-7-20-22(26-32-23(18)20)19-6-2-3-8-21(19)29/h2-3,6,8-11,17,29H,4-5,7,12-13H2,1H3,(H,25,28)/t17-/m0/s1. The lowest BCUT2D eigenvalue weighted by atomic mass is 9.99. The number of nitrogens with zero attached hydrogens (tertiary/aromatic N) is 2. The second-order valence-corrected chi connectivity index (χ2v) is 8.10. The van der Waals surface area contributed by atoms with E-state index >= 15 is 0 Å². The first kappa shape index (κ1) is 20.1. The van der Waals surface area contributed by atoms with Crippen LogP contribution in [0.5, 0.6) is 5.75 Å². The molecule has 1 aliphatic carbocycles. The Labute approximate surface area is 184 Å². The molecule has 2 amide bonds. The normalized spacial score (nSPS) is 17.3. The van der Waals surface area contributed by atoms with Gasteiger partial charge in [-0.3, -0.25) is 9.69 Å². The maximum Gasteiger partial charge on any atom is 0.414 e. The third kappa shape index (κ3) is 3.57. The van der Waals surface area contributed by atoms with Crippen LogP contribution in [0.25, 0.3) is 22.6 Å². The van der Waals surface area contributed by atoms with Gasteiger partial charge in [0.05, 0.1) is 13.1 Å². The fraction of sp³-hybridized carbons (Fsp3) is 0.292. The molecular weight excluding hydrogens is 410 g/mol. The summed E-state index contributed by atoms with van der Waals surface area (Å²) in [5.74, 6) is 0.718. The fourth-order valence-corrected chi connectivity index (χ4v) is 4.37. The topological polar surface area (TPSA) is 105 Å². The molecule has 0 bridgehead atoms. The highest BCUT2D eigenvalue weighted by atomic mass is 16.6. The molecule has 0 unspecified atom stereocenters. The van der Waals surface area contributed by atoms with Crippen LogP contribution < -0.4 is 10.2 Å². The predicted molar refractivity (Wildman–Crippen MR) is 117 cm³/mol. The highest BCUT2D eigenvalue weighted by molar-refractivity contribution is 5.91. The van der Waals surface area contributed by atoms with E-state index in [0.29, 0.717) is 30.1 Å². The number of phenolic OH excluding ortho intramolecular Hbond substituents is 1. The van der Waals surface area contributed by atoms with Crippen LogP contribution in [0.3, 0.4) is 0 Å². The Kier molecular flexibility index (Phi) is 5.05. The first-order valence-corrected chi connectivity index (χ1v) is 10.6. The van der Waals surface area contributed by atoms with Crippen molar-refractivity contribution in [2.75, 3.05) is 18.0 Å². The number of amides is 2. The second kappa shape index (κ2) is 8.03. The zero-order chi connectivity index (χ0) is 22.2. The minimum Gasteiger partial charge on any atom is -0.507 e. The van der Waals surface area contributed by atoms with Crippen molar-refractivity contribution in [1.82, 2.24) is 10.5 Å². The third-order valence-corrected chi connectivity index (χ3v) is 5.92. The highest BCUT2D eigenvalue weighted by Crippen LogP contribution is 2.41. The zero-order valence-corrected chi connectivity index (χ0v) is 17.6. The van der Waals surface area contributed by atoms with Gasteiger partial charge in [0.15, 0.2) is 5.76 Å². The summed E-state index contributed by atoms with van der Waals surface area (Å²) in [7, 11) is 0. The van der Waals surface area contributed by atoms with E-state index in [9.17, 15) is 14.7 Å². The summed E-state index contributed by atoms with van der Waals surface area (Å²) in [5, 5.41) is 17.2. The summed E-state index contributed by atoms with van der Waals surface area (Å²) in [6, 6.07) is 12.9. The number of cyclic esters (lactones) is 1. The van der Waals surface area contributed by atoms with Crippen LogP contribution in [0, 0.1) is 0 Å². The van der Waals surface area contributed by atoms with Crippen LogP contribution in [0.1, 0.15) is 24.5 Å². The molecule has 164 valence electrons. The number of nitrogens with one attached hydrogen (secondary N) is 1. The van der Waals surface area contributed by atoms with Gasteiger partial charge in [-0.05, 0) is 55.2 Å². The van der Waals surface area contributed by atoms with E-state index < -0.39 is 6.09 Å². The number of hydrogen-bond acceptors (Lipinski definition) is 6. The van der Waals surface area contributed by atoms with Crippen LogP contribution in [-0.4, -0.2) is 41.5 Å². The summed E-state index contributed by atoms with van der Waals surface area (Å²) in [4.78, 5) is 25.1. The number of aryl methyl sites for hydroxylation is 1. The maximum absolute atomic E-state index is 12.4. The van der Waals surface area contributed by atoms with Crippen LogP contribution in [0.15, 0.2) is 47.0 Å². The molecule has 0 spiro atoms. The maximum atomic E-state index is 12.4. The average Bonchev–Trinajstić information content (AvgIpc) is 3.31. The van der Waals surface area contributed by atoms with Crippen molar-refractivity contribution in [2.45, 2.75) is 32.3 Å². The molecule has 2 N–H and O–H groups in total. The zero-order valence-electron chi connectivity index (χ0n) is 17.6. The van der Waals surface area contributed by atoms with Gasteiger partial charge in [-0.2, -0.15) is 0 Å². The molecule has 8 heteroatoms. The number of aromatic nitrogens is 1. The second-order valence-electron chi connectivity index (χ2n) is 8.10. The molecule has 0 radical (unpaired) electrons. The summed E-state index contributed by atoms with van der Waals surface area (Å²) < 4.78 is 11.1. The number of carbonyl (C=O) groups is 2. The van der Waals surface area contributed by atoms with E-state index in [1.54, 1.807) is 17.0 Å². The molecule has 5 rings (SSSR count). The fourth-order valence-electron chi connectivity index (χ4n) is 4.37. The highest BCUT2D eigenvalue weighted by Gasteiger charge is 2.33. The molecule has 8 nitrogen and oxygen atoms in total. The Hall–Kier alpha value is -3.81. The molecule has 2 aliphatic rings. The number of hydrogen-bond donors (Lipinski definition) is 2. The molecule has 2 aromatic carbocycles. The summed E-state index contributed by atoms with van der Waals surface area (Å²) in [6.07, 6.45) is 1.69. The average molecular weight is 433 g/mol. The molecule has 1 atom stereocenters. The number of phenols is 1. The minimum absolute atomic E-state index is 0.157. The molecular formula is C24H23N3O5. The van der Waals surface area contributed by atoms with Crippen LogP contribution >= 0.6 is 0 Å². The van der Waals surface area contributed by atoms with Crippen molar-refractivity contribution in [1.29, 1.82) is 0 Å². The van der Waals surface area contributed by atoms with Crippen molar-refractivity contribution < 1.29 is 24.0 Å². The largest absolute Gasteiger partial charge is 0.507 e. The number of benzene rings is 2. The summed E-state index contributed by atoms with van der Waals surface area (Å²) >= 11 is 0. The SMILES string of the molecule is CC(=O)NC[C@H]1CN(c2ccc3c(c2)CCCc2c(-c4ccccc4O)noc2-3)C(=O)O1. The molecule has 1 fully saturated rings. The van der Waals surface area contributed by atoms with Gasteiger partial charge in [0.2, 0.25) is 5.91 Å². The number of para-hydroxylation sites is 1. The lowest BCUT2D eigenvalue weighted by Crippen LogP contribution is -2.33. The molecule has 3 aromatic rings. The minimum atomic E-state index is -0.420. The van der Waals surface area contributed by atoms with Crippen molar-refractivity contribution in [2.24, 2.45) is 0 Å². The van der Waals surface area contributed by atoms with Gasteiger partial charge in [-0.25, -0.2) is 4.79 Å². The number of rotatable bonds is 4. The molecule has 1 saturated heterocycles. The Morgan fingerprint density at radius 1 is 1.22 bits per heavy atom. The van der Waals surface area contributed by atoms with Crippen molar-refractivity contribution >= 4 is 17.7 Å². The van der Waals surface area contributed by atoms with E-state index in [1.165, 1.54) is 6.92 Å². The molecule has 1 aliphatic heterocycles. The van der Waals surface area contributed by atoms with E-state index in [2.05, 4.69) is 10.5 Å². The Morgan fingerprint density at radius 2 is 2.06 bits per heavy atom. The van der Waals surface area contributed by atoms with Gasteiger partial charge in [-0.1, -0.05) is 17.3 Å². The van der Waals surface area contributed by atoms with E-state index in [4.69, 9.17) is 9.26 Å². The van der Waals surface area contributed by atoms with Crippen LogP contribution in [0.2, 0.25) is 0 Å². The van der Waals surface area contributed by atoms with Gasteiger partial charge in [0, 0.05) is 29.3 Å². The number of ether oxygens (including phenoxy) is 1. The monoisotopic (exact) mass is 433 g/mol. The van der Waals surface area contributed by atoms with Crippen LogP contribution in [0.4, 0.5) is 10.5 Å². The third-order valence-electron chi connectivity index (χ3n) is 5.92. The number of carbonyl (C=O) groups excluding carboxylic acids is 2. The molecule has 0 saturated carbocycles. The van der Waals surface area contributed by atoms with Gasteiger partial charge in [-0.15, -0.1) is 0 Å². The van der Waals surface area contributed by atoms with Gasteiger partial charge < -0.3 is 19.7 Å². The van der Waals surface area contributed by atoms with Crippen molar-refractivity contribution in [3.8, 4) is 28.3 Å². The first-order valence-electron chi connectivity index (χ1n) is 10.6. The van der Waals surface area contributed by atoms with Gasteiger partial charge >= 0.3 is 6.09 Å². The Balaban J connectivity index is 1.45.